The smallest absolute Gasteiger partial charge is 0.351 e. The maximum absolute atomic E-state index is 12.8. The molecule has 0 aliphatic heterocycles. The topological polar surface area (TPSA) is 112 Å². The molecule has 0 aliphatic carbocycles. The predicted octanol–water partition coefficient (Wildman–Crippen LogP) is 2.01. The van der Waals surface area contributed by atoms with Gasteiger partial charge in [-0.1, -0.05) is 23.7 Å². The summed E-state index contributed by atoms with van der Waals surface area (Å²) in [6.07, 6.45) is 0. The van der Waals surface area contributed by atoms with Crippen molar-refractivity contribution in [1.29, 1.82) is 0 Å². The van der Waals surface area contributed by atoms with Gasteiger partial charge in [0.25, 0.3) is 11.5 Å². The van der Waals surface area contributed by atoms with E-state index in [-0.39, 0.29) is 17.9 Å². The highest BCUT2D eigenvalue weighted by molar-refractivity contribution is 6.30. The van der Waals surface area contributed by atoms with Gasteiger partial charge in [-0.3, -0.25) is 14.2 Å². The Hall–Kier alpha value is -3.72. The first kappa shape index (κ1) is 21.0. The molecule has 0 atom stereocenters. The van der Waals surface area contributed by atoms with Crippen LogP contribution in [0.1, 0.15) is 27.8 Å². The number of anilines is 1. The fourth-order valence-electron chi connectivity index (χ4n) is 2.63. The summed E-state index contributed by atoms with van der Waals surface area (Å²) >= 11 is 5.87. The number of hydrogen-bond donors (Lipinski definition) is 1. The minimum Gasteiger partial charge on any atom is -0.462 e. The van der Waals surface area contributed by atoms with E-state index in [9.17, 15) is 19.2 Å². The van der Waals surface area contributed by atoms with E-state index in [0.29, 0.717) is 10.7 Å². The number of carbonyl (C=O) groups is 2. The molecule has 9 nitrogen and oxygen atoms in total. The van der Waals surface area contributed by atoms with Crippen LogP contribution >= 0.6 is 11.6 Å². The number of amides is 1. The van der Waals surface area contributed by atoms with E-state index in [1.807, 2.05) is 0 Å². The summed E-state index contributed by atoms with van der Waals surface area (Å²) in [4.78, 5) is 49.9. The van der Waals surface area contributed by atoms with Crippen LogP contribution in [0.15, 0.2) is 58.1 Å². The molecule has 1 heterocycles. The highest BCUT2D eigenvalue weighted by Crippen LogP contribution is 2.17. The van der Waals surface area contributed by atoms with E-state index in [1.165, 1.54) is 31.3 Å². The van der Waals surface area contributed by atoms with E-state index < -0.39 is 28.8 Å². The van der Waals surface area contributed by atoms with Gasteiger partial charge >= 0.3 is 11.7 Å². The lowest BCUT2D eigenvalue weighted by Crippen LogP contribution is -2.43. The van der Waals surface area contributed by atoms with Crippen molar-refractivity contribution in [2.45, 2.75) is 6.92 Å². The standard InChI is InChI=1S/C20H17ClN4O5/c1-3-30-19(28)14-6-4-5-7-15(14)22-17(26)16-18(27)24(2)20(29)25(23-16)13-10-8-12(21)9-11-13/h4-11H,3H2,1-2H3,(H,22,26). The average molecular weight is 429 g/mol. The molecule has 0 saturated carbocycles. The SMILES string of the molecule is CCOC(=O)c1ccccc1NC(=O)c1nn(-c2ccc(Cl)cc2)c(=O)n(C)c1=O. The number of esters is 1. The molecule has 0 aliphatic rings. The molecule has 3 rings (SSSR count). The van der Waals surface area contributed by atoms with Crippen LogP contribution in [0.4, 0.5) is 5.69 Å². The number of nitrogens with one attached hydrogen (secondary N) is 1. The van der Waals surface area contributed by atoms with Gasteiger partial charge in [-0.2, -0.15) is 9.78 Å². The highest BCUT2D eigenvalue weighted by atomic mass is 35.5. The molecule has 1 aromatic heterocycles. The van der Waals surface area contributed by atoms with E-state index in [2.05, 4.69) is 10.4 Å². The Morgan fingerprint density at radius 3 is 2.43 bits per heavy atom. The molecule has 0 saturated heterocycles. The van der Waals surface area contributed by atoms with Crippen molar-refractivity contribution < 1.29 is 14.3 Å². The highest BCUT2D eigenvalue weighted by Gasteiger charge is 2.21. The fourth-order valence-corrected chi connectivity index (χ4v) is 2.75. The summed E-state index contributed by atoms with van der Waals surface area (Å²) in [5.74, 6) is -1.50. The maximum Gasteiger partial charge on any atom is 0.351 e. The van der Waals surface area contributed by atoms with Gasteiger partial charge in [-0.15, -0.1) is 0 Å². The Bertz CT molecular complexity index is 1230. The summed E-state index contributed by atoms with van der Waals surface area (Å²) in [6, 6.07) is 12.3. The number of rotatable bonds is 5. The third-order valence-electron chi connectivity index (χ3n) is 4.13. The number of ether oxygens (including phenoxy) is 1. The lowest BCUT2D eigenvalue weighted by atomic mass is 10.1. The van der Waals surface area contributed by atoms with E-state index >= 15 is 0 Å². The number of carbonyl (C=O) groups excluding carboxylic acids is 2. The Morgan fingerprint density at radius 2 is 1.77 bits per heavy atom. The van der Waals surface area contributed by atoms with Crippen molar-refractivity contribution in [2.75, 3.05) is 11.9 Å². The molecule has 10 heteroatoms. The van der Waals surface area contributed by atoms with Crippen LogP contribution in [-0.4, -0.2) is 32.8 Å². The molecule has 30 heavy (non-hydrogen) atoms. The zero-order chi connectivity index (χ0) is 21.8. The minimum absolute atomic E-state index is 0.121. The summed E-state index contributed by atoms with van der Waals surface area (Å²) in [5.41, 5.74) is -1.54. The summed E-state index contributed by atoms with van der Waals surface area (Å²) in [6.45, 7) is 1.82. The summed E-state index contributed by atoms with van der Waals surface area (Å²) < 4.78 is 6.67. The molecular weight excluding hydrogens is 412 g/mol. The first-order chi connectivity index (χ1) is 14.3. The molecule has 1 amide bonds. The Kier molecular flexibility index (Phi) is 6.12. The normalized spacial score (nSPS) is 10.5. The molecule has 0 spiro atoms. The molecule has 1 N–H and O–H groups in total. The summed E-state index contributed by atoms with van der Waals surface area (Å²) in [7, 11) is 1.24. The van der Waals surface area contributed by atoms with Gasteiger partial charge in [0.05, 0.1) is 23.5 Å². The largest absolute Gasteiger partial charge is 0.462 e. The first-order valence-corrected chi connectivity index (χ1v) is 9.25. The molecule has 0 bridgehead atoms. The number of aromatic nitrogens is 3. The molecule has 2 aromatic carbocycles. The quantitative estimate of drug-likeness (QED) is 0.622. The second kappa shape index (κ2) is 8.75. The third kappa shape index (κ3) is 4.15. The van der Waals surface area contributed by atoms with Crippen molar-refractivity contribution in [1.82, 2.24) is 14.3 Å². The van der Waals surface area contributed by atoms with Gasteiger partial charge in [0, 0.05) is 12.1 Å². The van der Waals surface area contributed by atoms with Crippen LogP contribution < -0.4 is 16.6 Å². The van der Waals surface area contributed by atoms with Crippen molar-refractivity contribution in [3.63, 3.8) is 0 Å². The lowest BCUT2D eigenvalue weighted by Gasteiger charge is -2.12. The molecule has 0 fully saturated rings. The number of para-hydroxylation sites is 1. The second-order valence-electron chi connectivity index (χ2n) is 6.10. The monoisotopic (exact) mass is 428 g/mol. The number of hydrogen-bond acceptors (Lipinski definition) is 6. The molecule has 0 radical (unpaired) electrons. The maximum atomic E-state index is 12.8. The van der Waals surface area contributed by atoms with Crippen LogP contribution in [-0.2, 0) is 11.8 Å². The van der Waals surface area contributed by atoms with Gasteiger partial charge in [-0.25, -0.2) is 9.59 Å². The second-order valence-corrected chi connectivity index (χ2v) is 6.54. The Morgan fingerprint density at radius 1 is 1.10 bits per heavy atom. The molecule has 154 valence electrons. The lowest BCUT2D eigenvalue weighted by molar-refractivity contribution is 0.0527. The number of benzene rings is 2. The average Bonchev–Trinajstić information content (AvgIpc) is 2.73. The molecule has 3 aromatic rings. The van der Waals surface area contributed by atoms with Crippen LogP contribution in [0.2, 0.25) is 5.02 Å². The number of nitrogens with zero attached hydrogens (tertiary/aromatic N) is 3. The number of halogens is 1. The van der Waals surface area contributed by atoms with Gasteiger partial charge in [-0.05, 0) is 43.3 Å². The van der Waals surface area contributed by atoms with Gasteiger partial charge in [0.1, 0.15) is 0 Å². The summed E-state index contributed by atoms with van der Waals surface area (Å²) in [5, 5.41) is 6.88. The zero-order valence-electron chi connectivity index (χ0n) is 16.1. The van der Waals surface area contributed by atoms with Crippen molar-refractivity contribution >= 4 is 29.2 Å². The van der Waals surface area contributed by atoms with Crippen molar-refractivity contribution in [2.24, 2.45) is 7.05 Å². The van der Waals surface area contributed by atoms with Gasteiger partial charge < -0.3 is 10.1 Å². The van der Waals surface area contributed by atoms with Crippen LogP contribution in [0.5, 0.6) is 0 Å². The molecular formula is C20H17ClN4O5. The zero-order valence-corrected chi connectivity index (χ0v) is 16.8. The Balaban J connectivity index is 2.04. The van der Waals surface area contributed by atoms with Crippen molar-refractivity contribution in [3.05, 3.63) is 85.6 Å². The van der Waals surface area contributed by atoms with E-state index in [4.69, 9.17) is 16.3 Å². The fraction of sp³-hybridized carbons (Fsp3) is 0.150. The van der Waals surface area contributed by atoms with Crippen molar-refractivity contribution in [3.8, 4) is 5.69 Å². The molecule has 0 unspecified atom stereocenters. The van der Waals surface area contributed by atoms with Crippen LogP contribution in [0, 0.1) is 0 Å². The van der Waals surface area contributed by atoms with Gasteiger partial charge in [0.2, 0.25) is 5.69 Å². The predicted molar refractivity (Wildman–Crippen MR) is 110 cm³/mol. The van der Waals surface area contributed by atoms with Crippen LogP contribution in [0.25, 0.3) is 5.69 Å². The van der Waals surface area contributed by atoms with Gasteiger partial charge in [0.15, 0.2) is 0 Å². The Labute approximate surface area is 175 Å². The van der Waals surface area contributed by atoms with E-state index in [1.54, 1.807) is 31.2 Å². The third-order valence-corrected chi connectivity index (χ3v) is 4.38. The first-order valence-electron chi connectivity index (χ1n) is 8.87. The van der Waals surface area contributed by atoms with E-state index in [0.717, 1.165) is 9.25 Å². The van der Waals surface area contributed by atoms with Crippen LogP contribution in [0.3, 0.4) is 0 Å². The minimum atomic E-state index is -0.880.